The molecule has 2 atom stereocenters. The lowest BCUT2D eigenvalue weighted by Crippen LogP contribution is -2.37. The van der Waals surface area contributed by atoms with Gasteiger partial charge in [-0.25, -0.2) is 13.2 Å². The maximum atomic E-state index is 13.5. The van der Waals surface area contributed by atoms with E-state index in [4.69, 9.17) is 10.5 Å². The molecular weight excluding hydrogens is 223 g/mol. The average molecular weight is 231 g/mol. The predicted octanol–water partition coefficient (Wildman–Crippen LogP) is 1.01. The number of amides is 1. The number of hydrogen-bond donors (Lipinski definition) is 1. The molecule has 0 bridgehead atoms. The summed E-state index contributed by atoms with van der Waals surface area (Å²) in [6.07, 6.45) is -2.15. The highest BCUT2D eigenvalue weighted by molar-refractivity contribution is 5.81. The Hall–Kier alpha value is -1.56. The van der Waals surface area contributed by atoms with Crippen LogP contribution in [-0.4, -0.2) is 18.7 Å². The number of rotatable bonds is 3. The van der Waals surface area contributed by atoms with E-state index in [2.05, 4.69) is 0 Å². The van der Waals surface area contributed by atoms with Crippen molar-refractivity contribution in [2.75, 3.05) is 6.61 Å². The Morgan fingerprint density at radius 2 is 2.12 bits per heavy atom. The molecule has 1 aromatic rings. The van der Waals surface area contributed by atoms with Gasteiger partial charge in [-0.1, -0.05) is 6.07 Å². The van der Waals surface area contributed by atoms with Crippen molar-refractivity contribution in [2.24, 2.45) is 5.73 Å². The van der Waals surface area contributed by atoms with Crippen molar-refractivity contribution in [3.63, 3.8) is 0 Å². The average Bonchev–Trinajstić information content (AvgIpc) is 2.97. The molecule has 6 heteroatoms. The van der Waals surface area contributed by atoms with Crippen LogP contribution in [0.1, 0.15) is 5.56 Å². The van der Waals surface area contributed by atoms with Crippen molar-refractivity contribution >= 4 is 5.91 Å². The summed E-state index contributed by atoms with van der Waals surface area (Å²) < 4.78 is 44.3. The highest BCUT2D eigenvalue weighted by Gasteiger charge is 2.57. The largest absolute Gasteiger partial charge is 0.367 e. The number of epoxide rings is 1. The van der Waals surface area contributed by atoms with Crippen molar-refractivity contribution in [3.8, 4) is 0 Å². The van der Waals surface area contributed by atoms with Gasteiger partial charge in [-0.2, -0.15) is 0 Å². The lowest BCUT2D eigenvalue weighted by Gasteiger charge is -2.15. The van der Waals surface area contributed by atoms with E-state index >= 15 is 0 Å². The Bertz CT molecular complexity index is 446. The first-order valence-electron chi connectivity index (χ1n) is 4.50. The number of hydrogen-bond acceptors (Lipinski definition) is 2. The molecule has 3 nitrogen and oxygen atoms in total. The van der Waals surface area contributed by atoms with Crippen molar-refractivity contribution in [1.29, 1.82) is 0 Å². The number of halogens is 3. The van der Waals surface area contributed by atoms with Gasteiger partial charge in [0.25, 0.3) is 5.91 Å². The fourth-order valence-corrected chi connectivity index (χ4v) is 1.58. The zero-order chi connectivity index (χ0) is 11.9. The second-order valence-corrected chi connectivity index (χ2v) is 3.57. The Labute approximate surface area is 89.0 Å². The third kappa shape index (κ3) is 1.55. The summed E-state index contributed by atoms with van der Waals surface area (Å²) in [5, 5.41) is 0. The zero-order valence-corrected chi connectivity index (χ0v) is 8.04. The third-order valence-corrected chi connectivity index (χ3v) is 2.50. The number of alkyl halides is 1. The Balaban J connectivity index is 2.40. The van der Waals surface area contributed by atoms with E-state index in [1.165, 1.54) is 0 Å². The lowest BCUT2D eigenvalue weighted by atomic mass is 9.94. The van der Waals surface area contributed by atoms with Crippen LogP contribution in [0.2, 0.25) is 0 Å². The molecule has 16 heavy (non-hydrogen) atoms. The normalized spacial score (nSPS) is 25.2. The monoisotopic (exact) mass is 231 g/mol. The lowest BCUT2D eigenvalue weighted by molar-refractivity contribution is -0.125. The van der Waals surface area contributed by atoms with Gasteiger partial charge < -0.3 is 10.5 Å². The van der Waals surface area contributed by atoms with Crippen LogP contribution in [0.25, 0.3) is 0 Å². The van der Waals surface area contributed by atoms with Crippen molar-refractivity contribution in [2.45, 2.75) is 11.8 Å². The van der Waals surface area contributed by atoms with Crippen LogP contribution < -0.4 is 5.73 Å². The highest BCUT2D eigenvalue weighted by Crippen LogP contribution is 2.44. The SMILES string of the molecule is NC(=O)C(F)C1(c2ccc(F)cc2F)CO1. The highest BCUT2D eigenvalue weighted by atomic mass is 19.1. The Morgan fingerprint density at radius 3 is 2.56 bits per heavy atom. The number of ether oxygens (including phenoxy) is 1. The smallest absolute Gasteiger partial charge is 0.255 e. The molecular formula is C10H8F3NO2. The first-order chi connectivity index (χ1) is 7.47. The van der Waals surface area contributed by atoms with Crippen LogP contribution in [0.15, 0.2) is 18.2 Å². The second-order valence-electron chi connectivity index (χ2n) is 3.57. The van der Waals surface area contributed by atoms with Gasteiger partial charge in [0.15, 0.2) is 5.60 Å². The Kier molecular flexibility index (Phi) is 2.38. The maximum absolute atomic E-state index is 13.5. The summed E-state index contributed by atoms with van der Waals surface area (Å²) in [7, 11) is 0. The minimum absolute atomic E-state index is 0.153. The molecule has 0 saturated carbocycles. The molecule has 1 saturated heterocycles. The van der Waals surface area contributed by atoms with E-state index in [1.807, 2.05) is 0 Å². The summed E-state index contributed by atoms with van der Waals surface area (Å²) in [6.45, 7) is -0.153. The molecule has 1 amide bonds. The van der Waals surface area contributed by atoms with Crippen molar-refractivity contribution in [3.05, 3.63) is 35.4 Å². The zero-order valence-electron chi connectivity index (χ0n) is 8.04. The van der Waals surface area contributed by atoms with Crippen LogP contribution >= 0.6 is 0 Å². The van der Waals surface area contributed by atoms with E-state index < -0.39 is 29.3 Å². The molecule has 1 aromatic carbocycles. The summed E-state index contributed by atoms with van der Waals surface area (Å²) >= 11 is 0. The minimum atomic E-state index is -2.15. The van der Waals surface area contributed by atoms with Crippen LogP contribution in [-0.2, 0) is 15.1 Å². The van der Waals surface area contributed by atoms with Crippen molar-refractivity contribution in [1.82, 2.24) is 0 Å². The molecule has 1 fully saturated rings. The number of primary amides is 1. The topological polar surface area (TPSA) is 55.6 Å². The summed E-state index contributed by atoms with van der Waals surface area (Å²) in [4.78, 5) is 10.7. The molecule has 2 rings (SSSR count). The number of carbonyl (C=O) groups excluding carboxylic acids is 1. The van der Waals surface area contributed by atoms with Gasteiger partial charge in [0.2, 0.25) is 6.17 Å². The van der Waals surface area contributed by atoms with Gasteiger partial charge in [0.05, 0.1) is 6.61 Å². The standard InChI is InChI=1S/C10H8F3NO2/c11-5-1-2-6(7(12)3-5)10(4-16-10)8(13)9(14)15/h1-3,8H,4H2,(H2,14,15). The summed E-state index contributed by atoms with van der Waals surface area (Å²) in [5.74, 6) is -2.98. The van der Waals surface area contributed by atoms with Crippen LogP contribution in [0.5, 0.6) is 0 Å². The number of nitrogens with two attached hydrogens (primary N) is 1. The van der Waals surface area contributed by atoms with Gasteiger partial charge >= 0.3 is 0 Å². The molecule has 2 unspecified atom stereocenters. The first-order valence-corrected chi connectivity index (χ1v) is 4.50. The molecule has 2 N–H and O–H groups in total. The molecule has 0 radical (unpaired) electrons. The predicted molar refractivity (Wildman–Crippen MR) is 48.1 cm³/mol. The van der Waals surface area contributed by atoms with Crippen molar-refractivity contribution < 1.29 is 22.7 Å². The van der Waals surface area contributed by atoms with Crippen LogP contribution in [0.3, 0.4) is 0 Å². The van der Waals surface area contributed by atoms with E-state index in [0.29, 0.717) is 6.07 Å². The second kappa shape index (κ2) is 3.48. The summed E-state index contributed by atoms with van der Waals surface area (Å²) in [6, 6.07) is 2.62. The molecule has 1 aliphatic heterocycles. The van der Waals surface area contributed by atoms with Gasteiger partial charge in [-0.05, 0) is 6.07 Å². The number of carbonyl (C=O) groups is 1. The molecule has 0 spiro atoms. The van der Waals surface area contributed by atoms with Gasteiger partial charge in [0.1, 0.15) is 11.6 Å². The molecule has 1 aliphatic rings. The van der Waals surface area contributed by atoms with Crippen LogP contribution in [0.4, 0.5) is 13.2 Å². The minimum Gasteiger partial charge on any atom is -0.367 e. The van der Waals surface area contributed by atoms with E-state index in [0.717, 1.165) is 12.1 Å². The van der Waals surface area contributed by atoms with Crippen LogP contribution in [0, 0.1) is 11.6 Å². The first kappa shape index (κ1) is 10.9. The molecule has 86 valence electrons. The van der Waals surface area contributed by atoms with E-state index in [1.54, 1.807) is 0 Å². The summed E-state index contributed by atoms with van der Waals surface area (Å²) in [5.41, 5.74) is 2.92. The number of benzene rings is 1. The quantitative estimate of drug-likeness (QED) is 0.789. The van der Waals surface area contributed by atoms with E-state index in [-0.39, 0.29) is 12.2 Å². The molecule has 0 aromatic heterocycles. The van der Waals surface area contributed by atoms with Gasteiger partial charge in [0, 0.05) is 11.6 Å². The third-order valence-electron chi connectivity index (χ3n) is 2.50. The Morgan fingerprint density at radius 1 is 1.50 bits per heavy atom. The van der Waals surface area contributed by atoms with E-state index in [9.17, 15) is 18.0 Å². The van der Waals surface area contributed by atoms with Gasteiger partial charge in [-0.3, -0.25) is 4.79 Å². The fourth-order valence-electron chi connectivity index (χ4n) is 1.58. The molecule has 1 heterocycles. The fraction of sp³-hybridized carbons (Fsp3) is 0.300. The maximum Gasteiger partial charge on any atom is 0.255 e. The molecule has 0 aliphatic carbocycles. The van der Waals surface area contributed by atoms with Gasteiger partial charge in [-0.15, -0.1) is 0 Å².